The zero-order valence-corrected chi connectivity index (χ0v) is 14.3. The lowest BCUT2D eigenvalue weighted by atomic mass is 10.1. The Hall–Kier alpha value is -2.70. The normalized spacial score (nSPS) is 10.5. The van der Waals surface area contributed by atoms with Gasteiger partial charge in [-0.25, -0.2) is 14.2 Å². The van der Waals surface area contributed by atoms with Gasteiger partial charge in [0.15, 0.2) is 5.69 Å². The lowest BCUT2D eigenvalue weighted by molar-refractivity contribution is 0.0594. The summed E-state index contributed by atoms with van der Waals surface area (Å²) in [7, 11) is 1.26. The van der Waals surface area contributed by atoms with E-state index in [0.717, 1.165) is 19.3 Å². The van der Waals surface area contributed by atoms with Gasteiger partial charge in [-0.05, 0) is 30.7 Å². The molecule has 2 aromatic rings. The Kier molecular flexibility index (Phi) is 6.68. The first-order valence-corrected chi connectivity index (χ1v) is 8.12. The summed E-state index contributed by atoms with van der Waals surface area (Å²) < 4.78 is 22.9. The van der Waals surface area contributed by atoms with E-state index in [4.69, 9.17) is 4.42 Å². The number of hydrogen-bond donors (Lipinski definition) is 0. The van der Waals surface area contributed by atoms with E-state index < -0.39 is 11.8 Å². The third-order valence-electron chi connectivity index (χ3n) is 3.68. The Labute approximate surface area is 145 Å². The molecule has 0 spiro atoms. The molecule has 0 bridgehead atoms. The first-order valence-electron chi connectivity index (χ1n) is 8.12. The van der Waals surface area contributed by atoms with Crippen LogP contribution in [0.3, 0.4) is 0 Å². The number of ether oxygens (including phenoxy) is 1. The van der Waals surface area contributed by atoms with Gasteiger partial charge >= 0.3 is 5.97 Å². The minimum atomic E-state index is -0.600. The Bertz CT molecular complexity index is 712. The molecule has 6 nitrogen and oxygen atoms in total. The van der Waals surface area contributed by atoms with Crippen LogP contribution in [0.5, 0.6) is 0 Å². The molecule has 1 heterocycles. The van der Waals surface area contributed by atoms with E-state index in [-0.39, 0.29) is 24.0 Å². The fourth-order valence-electron chi connectivity index (χ4n) is 2.33. The zero-order chi connectivity index (χ0) is 18.2. The van der Waals surface area contributed by atoms with E-state index in [1.165, 1.54) is 37.6 Å². The maximum Gasteiger partial charge on any atom is 0.360 e. The number of halogens is 1. The van der Waals surface area contributed by atoms with E-state index in [2.05, 4.69) is 16.6 Å². The van der Waals surface area contributed by atoms with E-state index in [9.17, 15) is 14.0 Å². The molecule has 25 heavy (non-hydrogen) atoms. The fourth-order valence-corrected chi connectivity index (χ4v) is 2.33. The minimum Gasteiger partial charge on any atom is -0.464 e. The number of rotatable bonds is 8. The van der Waals surface area contributed by atoms with Crippen LogP contribution in [0.4, 0.5) is 4.39 Å². The molecule has 0 radical (unpaired) electrons. The number of amides is 1. The van der Waals surface area contributed by atoms with Crippen molar-refractivity contribution in [1.82, 2.24) is 9.88 Å². The SMILES string of the molecule is CCCCCN(Cc1nc(C(=O)OC)co1)C(=O)c1ccc(F)cc1. The lowest BCUT2D eigenvalue weighted by Gasteiger charge is -2.21. The van der Waals surface area contributed by atoms with Crippen LogP contribution in [0, 0.1) is 5.82 Å². The highest BCUT2D eigenvalue weighted by atomic mass is 19.1. The second-order valence-electron chi connectivity index (χ2n) is 5.56. The first kappa shape index (κ1) is 18.6. The number of methoxy groups -OCH3 is 1. The fraction of sp³-hybridized carbons (Fsp3) is 0.389. The van der Waals surface area contributed by atoms with Gasteiger partial charge < -0.3 is 14.1 Å². The van der Waals surface area contributed by atoms with Crippen molar-refractivity contribution in [2.45, 2.75) is 32.7 Å². The number of hydrogen-bond acceptors (Lipinski definition) is 5. The van der Waals surface area contributed by atoms with Crippen LogP contribution >= 0.6 is 0 Å². The van der Waals surface area contributed by atoms with Crippen molar-refractivity contribution in [2.24, 2.45) is 0 Å². The zero-order valence-electron chi connectivity index (χ0n) is 14.3. The van der Waals surface area contributed by atoms with Crippen molar-refractivity contribution in [3.05, 3.63) is 53.5 Å². The van der Waals surface area contributed by atoms with E-state index in [1.54, 1.807) is 4.90 Å². The lowest BCUT2D eigenvalue weighted by Crippen LogP contribution is -2.31. The summed E-state index contributed by atoms with van der Waals surface area (Å²) in [6.45, 7) is 2.71. The summed E-state index contributed by atoms with van der Waals surface area (Å²) in [5.41, 5.74) is 0.442. The first-order chi connectivity index (χ1) is 12.0. The van der Waals surface area contributed by atoms with Crippen LogP contribution < -0.4 is 0 Å². The van der Waals surface area contributed by atoms with Crippen molar-refractivity contribution in [2.75, 3.05) is 13.7 Å². The molecule has 0 aliphatic rings. The van der Waals surface area contributed by atoms with Gasteiger partial charge in [0.1, 0.15) is 12.1 Å². The summed E-state index contributed by atoms with van der Waals surface area (Å²) >= 11 is 0. The number of nitrogens with zero attached hydrogens (tertiary/aromatic N) is 2. The standard InChI is InChI=1S/C18H21FN2O4/c1-3-4-5-10-21(17(22)13-6-8-14(19)9-7-13)11-16-20-15(12-25-16)18(23)24-2/h6-9,12H,3-5,10-11H2,1-2H3. The van der Waals surface area contributed by atoms with Gasteiger partial charge in [-0.15, -0.1) is 0 Å². The number of aromatic nitrogens is 1. The molecule has 0 aliphatic carbocycles. The van der Waals surface area contributed by atoms with E-state index >= 15 is 0 Å². The number of oxazole rings is 1. The molecular formula is C18H21FN2O4. The number of carbonyl (C=O) groups is 2. The monoisotopic (exact) mass is 348 g/mol. The number of esters is 1. The predicted octanol–water partition coefficient (Wildman–Crippen LogP) is 3.43. The summed E-state index contributed by atoms with van der Waals surface area (Å²) in [6.07, 6.45) is 4.03. The van der Waals surface area contributed by atoms with Crippen LogP contribution in [0.15, 0.2) is 34.9 Å². The Morgan fingerprint density at radius 3 is 2.60 bits per heavy atom. The Morgan fingerprint density at radius 2 is 1.96 bits per heavy atom. The molecule has 1 aromatic heterocycles. The van der Waals surface area contributed by atoms with E-state index in [0.29, 0.717) is 12.1 Å². The molecule has 0 unspecified atom stereocenters. The Balaban J connectivity index is 2.14. The van der Waals surface area contributed by atoms with Crippen molar-refractivity contribution in [1.29, 1.82) is 0 Å². The van der Waals surface area contributed by atoms with Gasteiger partial charge in [-0.1, -0.05) is 19.8 Å². The quantitative estimate of drug-likeness (QED) is 0.540. The molecule has 134 valence electrons. The van der Waals surface area contributed by atoms with Crippen LogP contribution in [0.2, 0.25) is 0 Å². The summed E-state index contributed by atoms with van der Waals surface area (Å²) in [5, 5.41) is 0. The summed E-state index contributed by atoms with van der Waals surface area (Å²) in [6, 6.07) is 5.38. The molecule has 7 heteroatoms. The van der Waals surface area contributed by atoms with Crippen LogP contribution in [0.1, 0.15) is 52.9 Å². The van der Waals surface area contributed by atoms with Crippen molar-refractivity contribution < 1.29 is 23.1 Å². The van der Waals surface area contributed by atoms with Gasteiger partial charge in [-0.3, -0.25) is 4.79 Å². The van der Waals surface area contributed by atoms with E-state index in [1.807, 2.05) is 0 Å². The molecule has 0 fully saturated rings. The van der Waals surface area contributed by atoms with Crippen LogP contribution in [-0.4, -0.2) is 35.4 Å². The molecule has 1 amide bonds. The molecule has 0 saturated carbocycles. The number of unbranched alkanes of at least 4 members (excludes halogenated alkanes) is 2. The van der Waals surface area contributed by atoms with Gasteiger partial charge in [0, 0.05) is 12.1 Å². The highest BCUT2D eigenvalue weighted by molar-refractivity contribution is 5.94. The van der Waals surface area contributed by atoms with Crippen molar-refractivity contribution in [3.63, 3.8) is 0 Å². The molecule has 0 aliphatic heterocycles. The van der Waals surface area contributed by atoms with Gasteiger partial charge in [-0.2, -0.15) is 0 Å². The third kappa shape index (κ3) is 5.14. The maximum atomic E-state index is 13.1. The average molecular weight is 348 g/mol. The maximum absolute atomic E-state index is 13.1. The smallest absolute Gasteiger partial charge is 0.360 e. The Morgan fingerprint density at radius 1 is 1.24 bits per heavy atom. The summed E-state index contributed by atoms with van der Waals surface area (Å²) in [5.74, 6) is -0.997. The predicted molar refractivity (Wildman–Crippen MR) is 88.5 cm³/mol. The van der Waals surface area contributed by atoms with Crippen molar-refractivity contribution in [3.8, 4) is 0 Å². The van der Waals surface area contributed by atoms with Gasteiger partial charge in [0.25, 0.3) is 5.91 Å². The van der Waals surface area contributed by atoms with Gasteiger partial charge in [0.05, 0.1) is 13.7 Å². The highest BCUT2D eigenvalue weighted by Gasteiger charge is 2.20. The third-order valence-corrected chi connectivity index (χ3v) is 3.68. The number of benzene rings is 1. The second kappa shape index (κ2) is 8.96. The largest absolute Gasteiger partial charge is 0.464 e. The van der Waals surface area contributed by atoms with Crippen LogP contribution in [0.25, 0.3) is 0 Å². The molecule has 0 atom stereocenters. The molecule has 0 N–H and O–H groups in total. The number of carbonyl (C=O) groups excluding carboxylic acids is 2. The summed E-state index contributed by atoms with van der Waals surface area (Å²) in [4.78, 5) is 29.8. The molecule has 1 aromatic carbocycles. The van der Waals surface area contributed by atoms with Crippen LogP contribution in [-0.2, 0) is 11.3 Å². The molecule has 0 saturated heterocycles. The molecule has 2 rings (SSSR count). The second-order valence-corrected chi connectivity index (χ2v) is 5.56. The molecular weight excluding hydrogens is 327 g/mol. The van der Waals surface area contributed by atoms with Gasteiger partial charge in [0.2, 0.25) is 5.89 Å². The minimum absolute atomic E-state index is 0.0558. The average Bonchev–Trinajstić information content (AvgIpc) is 3.09. The van der Waals surface area contributed by atoms with Crippen molar-refractivity contribution >= 4 is 11.9 Å². The highest BCUT2D eigenvalue weighted by Crippen LogP contribution is 2.13. The topological polar surface area (TPSA) is 72.6 Å².